The highest BCUT2D eigenvalue weighted by atomic mass is 35.5. The largest absolute Gasteiger partial charge is 0.292 e. The van der Waals surface area contributed by atoms with Crippen molar-refractivity contribution in [2.24, 2.45) is 5.84 Å². The number of hydrogen-bond acceptors (Lipinski definition) is 2. The Morgan fingerprint density at radius 2 is 1.83 bits per heavy atom. The van der Waals surface area contributed by atoms with Crippen LogP contribution < -0.4 is 11.3 Å². The Morgan fingerprint density at radius 1 is 1.39 bits per heavy atom. The summed E-state index contributed by atoms with van der Waals surface area (Å²) in [6.07, 6.45) is 0.0299. The Kier molecular flexibility index (Phi) is 5.92. The van der Waals surface area contributed by atoms with Gasteiger partial charge in [0.05, 0.1) is 0 Å². The van der Waals surface area contributed by atoms with Crippen LogP contribution in [0, 0.1) is 17.5 Å². The molecule has 0 aromatic heterocycles. The summed E-state index contributed by atoms with van der Waals surface area (Å²) in [6.45, 7) is 1.53. The number of carbonyl (C=O) groups is 1. The van der Waals surface area contributed by atoms with E-state index in [0.717, 1.165) is 0 Å². The molecule has 1 amide bonds. The predicted molar refractivity (Wildman–Crippen MR) is 63.7 cm³/mol. The van der Waals surface area contributed by atoms with E-state index in [9.17, 15) is 18.0 Å². The van der Waals surface area contributed by atoms with E-state index in [2.05, 4.69) is 0 Å². The standard InChI is InChI=1S/C10H10ClF3N2O.ClH/c1-2-10(11,9(17)16-15)5-3-6(12)8(14)7(13)4-5;/h3-4H,2,15H2,1H3,(H,16,17);1H. The van der Waals surface area contributed by atoms with Crippen LogP contribution in [0.2, 0.25) is 0 Å². The average molecular weight is 303 g/mol. The molecule has 1 unspecified atom stereocenters. The van der Waals surface area contributed by atoms with Gasteiger partial charge in [-0.15, -0.1) is 24.0 Å². The van der Waals surface area contributed by atoms with Crippen LogP contribution in [0.1, 0.15) is 18.9 Å². The van der Waals surface area contributed by atoms with E-state index in [1.807, 2.05) is 0 Å². The van der Waals surface area contributed by atoms with Crippen LogP contribution >= 0.6 is 24.0 Å². The van der Waals surface area contributed by atoms with Gasteiger partial charge in [-0.05, 0) is 24.1 Å². The number of amides is 1. The SMILES string of the molecule is CCC(Cl)(C(=O)NN)c1cc(F)c(F)c(F)c1.Cl. The van der Waals surface area contributed by atoms with Crippen molar-refractivity contribution in [1.29, 1.82) is 0 Å². The van der Waals surface area contributed by atoms with Crippen molar-refractivity contribution in [2.45, 2.75) is 18.2 Å². The fraction of sp³-hybridized carbons (Fsp3) is 0.300. The first-order valence-corrected chi connectivity index (χ1v) is 5.09. The third-order valence-corrected chi connectivity index (χ3v) is 3.08. The van der Waals surface area contributed by atoms with Gasteiger partial charge in [0.2, 0.25) is 0 Å². The van der Waals surface area contributed by atoms with E-state index in [-0.39, 0.29) is 24.4 Å². The summed E-state index contributed by atoms with van der Waals surface area (Å²) in [4.78, 5) is 9.73. The Morgan fingerprint density at radius 3 is 2.17 bits per heavy atom. The number of benzene rings is 1. The predicted octanol–water partition coefficient (Wildman–Crippen LogP) is 2.36. The van der Waals surface area contributed by atoms with Gasteiger partial charge < -0.3 is 0 Å². The van der Waals surface area contributed by atoms with Crippen molar-refractivity contribution < 1.29 is 18.0 Å². The highest BCUT2D eigenvalue weighted by molar-refractivity contribution is 6.34. The Bertz CT molecular complexity index is 436. The van der Waals surface area contributed by atoms with E-state index in [4.69, 9.17) is 17.4 Å². The van der Waals surface area contributed by atoms with Gasteiger partial charge in [0.25, 0.3) is 5.91 Å². The molecule has 1 atom stereocenters. The zero-order chi connectivity index (χ0) is 13.2. The molecule has 0 fully saturated rings. The minimum atomic E-state index is -1.73. The fourth-order valence-corrected chi connectivity index (χ4v) is 1.56. The van der Waals surface area contributed by atoms with E-state index in [1.165, 1.54) is 6.92 Å². The Hall–Kier alpha value is -0.980. The van der Waals surface area contributed by atoms with Crippen molar-refractivity contribution in [2.75, 3.05) is 0 Å². The van der Waals surface area contributed by atoms with Crippen LogP contribution in [0.5, 0.6) is 0 Å². The average Bonchev–Trinajstić information content (AvgIpc) is 2.33. The molecule has 1 aromatic rings. The molecule has 3 N–H and O–H groups in total. The maximum atomic E-state index is 13.0. The van der Waals surface area contributed by atoms with E-state index < -0.39 is 28.2 Å². The first-order chi connectivity index (χ1) is 7.86. The molecule has 0 saturated carbocycles. The first kappa shape index (κ1) is 17.0. The number of alkyl halides is 1. The molecule has 0 radical (unpaired) electrons. The second-order valence-corrected chi connectivity index (χ2v) is 4.03. The lowest BCUT2D eigenvalue weighted by molar-refractivity contribution is -0.124. The second kappa shape index (κ2) is 6.26. The normalized spacial score (nSPS) is 13.4. The molecule has 3 nitrogen and oxygen atoms in total. The highest BCUT2D eigenvalue weighted by Crippen LogP contribution is 2.34. The summed E-state index contributed by atoms with van der Waals surface area (Å²) in [5, 5.41) is 0. The van der Waals surface area contributed by atoms with Crippen LogP contribution in [0.4, 0.5) is 13.2 Å². The van der Waals surface area contributed by atoms with Crippen LogP contribution in [-0.4, -0.2) is 5.91 Å². The zero-order valence-corrected chi connectivity index (χ0v) is 10.8. The Labute approximate surface area is 113 Å². The van der Waals surface area contributed by atoms with Crippen molar-refractivity contribution in [3.05, 3.63) is 35.1 Å². The minimum Gasteiger partial charge on any atom is -0.292 e. The molecule has 1 aromatic carbocycles. The third-order valence-electron chi connectivity index (χ3n) is 2.42. The lowest BCUT2D eigenvalue weighted by Gasteiger charge is -2.24. The molecule has 0 heterocycles. The van der Waals surface area contributed by atoms with Crippen molar-refractivity contribution in [3.8, 4) is 0 Å². The summed E-state index contributed by atoms with van der Waals surface area (Å²) >= 11 is 5.95. The molecule has 18 heavy (non-hydrogen) atoms. The van der Waals surface area contributed by atoms with Gasteiger partial charge in [-0.1, -0.05) is 6.92 Å². The number of hydrogen-bond donors (Lipinski definition) is 2. The minimum absolute atomic E-state index is 0. The van der Waals surface area contributed by atoms with Gasteiger partial charge in [-0.25, -0.2) is 19.0 Å². The summed E-state index contributed by atoms with van der Waals surface area (Å²) in [7, 11) is 0. The molecular weight excluding hydrogens is 292 g/mol. The number of hydrazine groups is 1. The topological polar surface area (TPSA) is 55.1 Å². The number of rotatable bonds is 3. The quantitative estimate of drug-likeness (QED) is 0.296. The monoisotopic (exact) mass is 302 g/mol. The number of nitrogens with one attached hydrogen (secondary N) is 1. The highest BCUT2D eigenvalue weighted by Gasteiger charge is 2.37. The summed E-state index contributed by atoms with van der Waals surface area (Å²) in [6, 6.07) is 1.34. The molecule has 0 aliphatic carbocycles. The lowest BCUT2D eigenvalue weighted by atomic mass is 9.94. The molecule has 0 aliphatic rings. The Balaban J connectivity index is 0.00000289. The molecule has 0 aliphatic heterocycles. The van der Waals surface area contributed by atoms with Gasteiger partial charge in [0.1, 0.15) is 4.87 Å². The number of halogens is 5. The van der Waals surface area contributed by atoms with E-state index in [1.54, 1.807) is 5.43 Å². The maximum Gasteiger partial charge on any atom is 0.259 e. The van der Waals surface area contributed by atoms with Gasteiger partial charge >= 0.3 is 0 Å². The second-order valence-electron chi connectivity index (χ2n) is 3.38. The van der Waals surface area contributed by atoms with E-state index in [0.29, 0.717) is 12.1 Å². The summed E-state index contributed by atoms with van der Waals surface area (Å²) < 4.78 is 38.8. The van der Waals surface area contributed by atoms with Crippen LogP contribution in [0.25, 0.3) is 0 Å². The van der Waals surface area contributed by atoms with Gasteiger partial charge in [0, 0.05) is 0 Å². The van der Waals surface area contributed by atoms with Crippen LogP contribution in [0.3, 0.4) is 0 Å². The molecular formula is C10H11Cl2F3N2O. The fourth-order valence-electron chi connectivity index (χ4n) is 1.39. The van der Waals surface area contributed by atoms with E-state index >= 15 is 0 Å². The smallest absolute Gasteiger partial charge is 0.259 e. The van der Waals surface area contributed by atoms with Crippen LogP contribution in [0.15, 0.2) is 12.1 Å². The number of nitrogens with two attached hydrogens (primary N) is 1. The van der Waals surface area contributed by atoms with Gasteiger partial charge in [0.15, 0.2) is 17.5 Å². The lowest BCUT2D eigenvalue weighted by Crippen LogP contribution is -2.43. The van der Waals surface area contributed by atoms with Crippen LogP contribution in [-0.2, 0) is 9.67 Å². The molecule has 0 saturated heterocycles. The zero-order valence-electron chi connectivity index (χ0n) is 9.27. The maximum absolute atomic E-state index is 13.0. The van der Waals surface area contributed by atoms with Gasteiger partial charge in [-0.3, -0.25) is 10.2 Å². The third kappa shape index (κ3) is 2.88. The molecule has 0 bridgehead atoms. The molecule has 102 valence electrons. The van der Waals surface area contributed by atoms with Crippen molar-refractivity contribution in [1.82, 2.24) is 5.43 Å². The molecule has 0 spiro atoms. The van der Waals surface area contributed by atoms with Crippen molar-refractivity contribution in [3.63, 3.8) is 0 Å². The first-order valence-electron chi connectivity index (χ1n) is 4.71. The number of carbonyl (C=O) groups excluding carboxylic acids is 1. The van der Waals surface area contributed by atoms with Crippen molar-refractivity contribution >= 4 is 29.9 Å². The molecule has 1 rings (SSSR count). The molecule has 8 heteroatoms. The summed E-state index contributed by atoms with van der Waals surface area (Å²) in [5.74, 6) is -0.336. The van der Waals surface area contributed by atoms with Gasteiger partial charge in [-0.2, -0.15) is 0 Å². The summed E-state index contributed by atoms with van der Waals surface area (Å²) in [5.41, 5.74) is 1.61.